The Kier molecular flexibility index (Phi) is 5.55. The average Bonchev–Trinajstić information content (AvgIpc) is 3.28. The van der Waals surface area contributed by atoms with Gasteiger partial charge in [-0.05, 0) is 36.2 Å². The summed E-state index contributed by atoms with van der Waals surface area (Å²) in [6.45, 7) is 2.72. The maximum Gasteiger partial charge on any atom is 0.273 e. The fraction of sp³-hybridized carbons (Fsp3) is 0.273. The van der Waals surface area contributed by atoms with E-state index in [9.17, 15) is 14.9 Å². The van der Waals surface area contributed by atoms with Crippen molar-refractivity contribution < 1.29 is 9.72 Å². The minimum absolute atomic E-state index is 0.0194. The monoisotopic (exact) mass is 424 g/mol. The third kappa shape index (κ3) is 3.57. The van der Waals surface area contributed by atoms with Gasteiger partial charge in [-0.3, -0.25) is 20.0 Å². The van der Waals surface area contributed by atoms with Crippen LogP contribution in [0.15, 0.2) is 48.5 Å². The molecule has 2 aromatic carbocycles. The second-order valence-corrected chi connectivity index (χ2v) is 7.76. The Morgan fingerprint density at radius 2 is 1.83 bits per heavy atom. The number of H-pyrrole nitrogens is 1. The quantitative estimate of drug-likeness (QED) is 0.313. The predicted octanol–water partition coefficient (Wildman–Crippen LogP) is 5.37. The van der Waals surface area contributed by atoms with Crippen molar-refractivity contribution >= 4 is 23.2 Å². The molecule has 8 heteroatoms. The molecule has 1 aliphatic heterocycles. The molecule has 0 aliphatic carbocycles. The molecule has 0 spiro atoms. The molecule has 30 heavy (non-hydrogen) atoms. The third-order valence-electron chi connectivity index (χ3n) is 5.40. The number of aromatic amines is 1. The molecule has 0 radical (unpaired) electrons. The second kappa shape index (κ2) is 8.28. The first-order valence-electron chi connectivity index (χ1n) is 9.90. The summed E-state index contributed by atoms with van der Waals surface area (Å²) in [6.07, 6.45) is 2.96. The van der Waals surface area contributed by atoms with Crippen LogP contribution >= 0.6 is 11.6 Å². The van der Waals surface area contributed by atoms with E-state index in [-0.39, 0.29) is 17.6 Å². The minimum Gasteiger partial charge on any atom is -0.326 e. The van der Waals surface area contributed by atoms with Crippen LogP contribution in [0.3, 0.4) is 0 Å². The zero-order valence-electron chi connectivity index (χ0n) is 16.5. The number of rotatable bonds is 7. The van der Waals surface area contributed by atoms with Gasteiger partial charge >= 0.3 is 0 Å². The molecule has 1 N–H and O–H groups in total. The smallest absolute Gasteiger partial charge is 0.273 e. The zero-order chi connectivity index (χ0) is 21.3. The topological polar surface area (TPSA) is 92.1 Å². The second-order valence-electron chi connectivity index (χ2n) is 7.32. The van der Waals surface area contributed by atoms with Crippen LogP contribution in [-0.2, 0) is 0 Å². The average molecular weight is 425 g/mol. The van der Waals surface area contributed by atoms with Crippen LogP contribution in [0.1, 0.15) is 53.8 Å². The Labute approximate surface area is 178 Å². The molecule has 0 bridgehead atoms. The van der Waals surface area contributed by atoms with Crippen LogP contribution in [0.4, 0.5) is 5.69 Å². The van der Waals surface area contributed by atoms with E-state index in [0.29, 0.717) is 23.0 Å². The summed E-state index contributed by atoms with van der Waals surface area (Å²) in [6, 6.07) is 13.4. The van der Waals surface area contributed by atoms with Crippen LogP contribution in [0.2, 0.25) is 5.02 Å². The van der Waals surface area contributed by atoms with Crippen molar-refractivity contribution in [2.24, 2.45) is 0 Å². The molecule has 0 saturated carbocycles. The molecular weight excluding hydrogens is 404 g/mol. The van der Waals surface area contributed by atoms with Crippen molar-refractivity contribution in [3.63, 3.8) is 0 Å². The summed E-state index contributed by atoms with van der Waals surface area (Å²) in [7, 11) is 0. The van der Waals surface area contributed by atoms with Gasteiger partial charge in [-0.2, -0.15) is 5.10 Å². The summed E-state index contributed by atoms with van der Waals surface area (Å²) in [5.74, 6) is -0.0998. The highest BCUT2D eigenvalue weighted by molar-refractivity contribution is 6.30. The Bertz CT molecular complexity index is 1080. The van der Waals surface area contributed by atoms with E-state index in [1.807, 2.05) is 17.0 Å². The van der Waals surface area contributed by atoms with E-state index < -0.39 is 4.92 Å². The molecule has 154 valence electrons. The number of nitrogens with zero attached hydrogens (tertiary/aromatic N) is 3. The van der Waals surface area contributed by atoms with E-state index in [2.05, 4.69) is 17.1 Å². The first-order valence-corrected chi connectivity index (χ1v) is 10.3. The van der Waals surface area contributed by atoms with Crippen molar-refractivity contribution in [3.05, 3.63) is 80.5 Å². The van der Waals surface area contributed by atoms with Crippen LogP contribution in [0.5, 0.6) is 0 Å². The fourth-order valence-corrected chi connectivity index (χ4v) is 4.04. The molecule has 1 aromatic heterocycles. The van der Waals surface area contributed by atoms with E-state index in [1.165, 1.54) is 12.1 Å². The van der Waals surface area contributed by atoms with E-state index in [0.717, 1.165) is 36.0 Å². The summed E-state index contributed by atoms with van der Waals surface area (Å²) in [5.41, 5.74) is 3.66. The number of fused-ring (bicyclic) bond motifs is 1. The van der Waals surface area contributed by atoms with Gasteiger partial charge in [0.2, 0.25) is 0 Å². The molecular formula is C22H21ClN4O3. The van der Waals surface area contributed by atoms with Gasteiger partial charge in [-0.15, -0.1) is 0 Å². The number of non-ortho nitro benzene ring substituents is 1. The van der Waals surface area contributed by atoms with Crippen molar-refractivity contribution in [2.45, 2.75) is 32.2 Å². The van der Waals surface area contributed by atoms with Gasteiger partial charge in [0.05, 0.1) is 16.7 Å². The SMILES string of the molecule is CCCCCN1C(=O)c2[nH]nc(-c3ccc(Cl)cc3)c2C1c1ccc([N+](=O)[O-])cc1. The lowest BCUT2D eigenvalue weighted by Crippen LogP contribution is -2.30. The maximum atomic E-state index is 13.2. The van der Waals surface area contributed by atoms with Crippen LogP contribution in [-0.4, -0.2) is 32.5 Å². The number of amides is 1. The number of unbranched alkanes of at least 4 members (excludes halogenated alkanes) is 2. The zero-order valence-corrected chi connectivity index (χ0v) is 17.2. The highest BCUT2D eigenvalue weighted by atomic mass is 35.5. The maximum absolute atomic E-state index is 13.2. The number of carbonyl (C=O) groups excluding carboxylic acids is 1. The molecule has 4 rings (SSSR count). The Hall–Kier alpha value is -3.19. The normalized spacial score (nSPS) is 15.5. The summed E-state index contributed by atoms with van der Waals surface area (Å²) >= 11 is 6.03. The number of halogens is 1. The third-order valence-corrected chi connectivity index (χ3v) is 5.66. The number of hydrogen-bond acceptors (Lipinski definition) is 4. The van der Waals surface area contributed by atoms with Crippen molar-refractivity contribution in [1.82, 2.24) is 15.1 Å². The van der Waals surface area contributed by atoms with Gasteiger partial charge in [-0.25, -0.2) is 0 Å². The van der Waals surface area contributed by atoms with Gasteiger partial charge < -0.3 is 4.90 Å². The highest BCUT2D eigenvalue weighted by Crippen LogP contribution is 2.43. The van der Waals surface area contributed by atoms with E-state index in [1.54, 1.807) is 24.3 Å². The Balaban J connectivity index is 1.80. The van der Waals surface area contributed by atoms with Crippen molar-refractivity contribution in [3.8, 4) is 11.3 Å². The molecule has 3 aromatic rings. The van der Waals surface area contributed by atoms with Gasteiger partial charge in [0.15, 0.2) is 0 Å². The first-order chi connectivity index (χ1) is 14.5. The number of carbonyl (C=O) groups is 1. The number of nitrogens with one attached hydrogen (secondary N) is 1. The van der Waals surface area contributed by atoms with Crippen molar-refractivity contribution in [1.29, 1.82) is 0 Å². The number of aromatic nitrogens is 2. The molecule has 1 unspecified atom stereocenters. The highest BCUT2D eigenvalue weighted by Gasteiger charge is 2.41. The summed E-state index contributed by atoms with van der Waals surface area (Å²) < 4.78 is 0. The Morgan fingerprint density at radius 1 is 1.13 bits per heavy atom. The molecule has 7 nitrogen and oxygen atoms in total. The van der Waals surface area contributed by atoms with Crippen molar-refractivity contribution in [2.75, 3.05) is 6.54 Å². The van der Waals surface area contributed by atoms with E-state index >= 15 is 0 Å². The first kappa shape index (κ1) is 20.1. The summed E-state index contributed by atoms with van der Waals surface area (Å²) in [5, 5.41) is 19.0. The largest absolute Gasteiger partial charge is 0.326 e. The molecule has 1 atom stereocenters. The number of nitro groups is 1. The van der Waals surface area contributed by atoms with Crippen LogP contribution in [0, 0.1) is 10.1 Å². The lowest BCUT2D eigenvalue weighted by molar-refractivity contribution is -0.384. The number of benzene rings is 2. The minimum atomic E-state index is -0.426. The summed E-state index contributed by atoms with van der Waals surface area (Å²) in [4.78, 5) is 25.6. The molecule has 1 amide bonds. The Morgan fingerprint density at radius 3 is 2.47 bits per heavy atom. The lowest BCUT2D eigenvalue weighted by atomic mass is 9.96. The standard InChI is InChI=1S/C22H21ClN4O3/c1-2-3-4-13-26-21(15-7-11-17(12-8-15)27(29)30)18-19(24-25-20(18)22(26)28)14-5-9-16(23)10-6-14/h5-12,21H,2-4,13H2,1H3,(H,24,25). The van der Waals surface area contributed by atoms with Gasteiger partial charge in [0, 0.05) is 34.8 Å². The van der Waals surface area contributed by atoms with Gasteiger partial charge in [-0.1, -0.05) is 43.5 Å². The molecule has 1 aliphatic rings. The van der Waals surface area contributed by atoms with Gasteiger partial charge in [0.25, 0.3) is 11.6 Å². The lowest BCUT2D eigenvalue weighted by Gasteiger charge is -2.26. The van der Waals surface area contributed by atoms with Gasteiger partial charge in [0.1, 0.15) is 5.69 Å². The molecule has 0 saturated heterocycles. The van der Waals surface area contributed by atoms with Crippen LogP contribution < -0.4 is 0 Å². The predicted molar refractivity (Wildman–Crippen MR) is 115 cm³/mol. The number of nitro benzene ring substituents is 1. The van der Waals surface area contributed by atoms with Crippen LogP contribution in [0.25, 0.3) is 11.3 Å². The molecule has 2 heterocycles. The molecule has 0 fully saturated rings. The number of hydrogen-bond donors (Lipinski definition) is 1. The van der Waals surface area contributed by atoms with E-state index in [4.69, 9.17) is 11.6 Å². The fourth-order valence-electron chi connectivity index (χ4n) is 3.91.